The normalized spacial score (nSPS) is 12.9. The highest BCUT2D eigenvalue weighted by Crippen LogP contribution is 2.40. The van der Waals surface area contributed by atoms with Crippen molar-refractivity contribution in [1.82, 2.24) is 0 Å². The topological polar surface area (TPSA) is 82.2 Å². The van der Waals surface area contributed by atoms with Gasteiger partial charge in [-0.3, -0.25) is 14.8 Å². The number of hydrogen-bond acceptors (Lipinski definition) is 6. The van der Waals surface area contributed by atoms with E-state index in [0.717, 1.165) is 55.0 Å². The largest absolute Gasteiger partial charge is 0.507 e. The Morgan fingerprint density at radius 3 is 1.31 bits per heavy atom. The van der Waals surface area contributed by atoms with Gasteiger partial charge in [0.25, 0.3) is 0 Å². The summed E-state index contributed by atoms with van der Waals surface area (Å²) >= 11 is 1.20. The summed E-state index contributed by atoms with van der Waals surface area (Å²) in [5.41, 5.74) is 8.36. The number of hydrogen-bond donors (Lipinski definition) is 2. The molecule has 0 saturated carbocycles. The van der Waals surface area contributed by atoms with E-state index < -0.39 is 12.1 Å². The third-order valence-electron chi connectivity index (χ3n) is 10.8. The average Bonchev–Trinajstić information content (AvgIpc) is 3.24. The lowest BCUT2D eigenvalue weighted by atomic mass is 9.79. The van der Waals surface area contributed by atoms with Crippen LogP contribution in [-0.4, -0.2) is 27.8 Å². The lowest BCUT2D eigenvalue weighted by molar-refractivity contribution is -0.109. The van der Waals surface area contributed by atoms with Crippen LogP contribution in [0, 0.1) is 23.7 Å². The molecule has 6 rings (SSSR count). The second-order valence-corrected chi connectivity index (χ2v) is 20.4. The highest BCUT2D eigenvalue weighted by Gasteiger charge is 2.27. The number of benzene rings is 6. The number of carbonyl (C=O) groups is 1. The molecule has 2 N–H and O–H groups in total. The Balaban J connectivity index is 1.38. The minimum atomic E-state index is -0.492. The maximum absolute atomic E-state index is 11.8. The van der Waals surface area contributed by atoms with Crippen LogP contribution in [0.2, 0.25) is 0 Å². The van der Waals surface area contributed by atoms with Crippen LogP contribution in [0.4, 0.5) is 0 Å². The van der Waals surface area contributed by atoms with Crippen molar-refractivity contribution in [2.75, 3.05) is 0 Å². The van der Waals surface area contributed by atoms with E-state index in [1.807, 2.05) is 103 Å². The number of thioether (sulfide) groups is 1. The number of aliphatic imine (C=N–C) groups is 2. The van der Waals surface area contributed by atoms with E-state index in [9.17, 15) is 15.0 Å². The fourth-order valence-electron chi connectivity index (χ4n) is 7.18. The molecule has 0 aliphatic rings. The fourth-order valence-corrected chi connectivity index (χ4v) is 7.78. The maximum atomic E-state index is 11.8. The quantitative estimate of drug-likeness (QED) is 0.0907. The first-order valence-corrected chi connectivity index (χ1v) is 22.4. The van der Waals surface area contributed by atoms with Crippen molar-refractivity contribution < 1.29 is 15.0 Å². The number of phenolic OH excluding ortho intramolecular Hbond substituents is 2. The van der Waals surface area contributed by atoms with Crippen molar-refractivity contribution in [3.05, 3.63) is 195 Å². The zero-order valence-electron chi connectivity index (χ0n) is 38.6. The lowest BCUT2D eigenvalue weighted by Gasteiger charge is -2.27. The van der Waals surface area contributed by atoms with Crippen LogP contribution in [0.25, 0.3) is 0 Å². The van der Waals surface area contributed by atoms with Gasteiger partial charge in [-0.05, 0) is 99.7 Å². The van der Waals surface area contributed by atoms with Gasteiger partial charge in [-0.15, -0.1) is 0 Å². The standard InChI is InChI=1S/C58H58N2O3S/c1-39(61)64-49-31-29-42(30-32-49)26-25-40-21-23-41(24-22-40)27-28-43-33-46(54(62)50(34-43)57(5,6)7)37-59-52(44-17-13-11-14-18-44)53(45-19-15-12-16-20-45)60-38-47-35-48(56(2,3)4)36-51(55(47)63)58(8,9)10/h11-24,29-38,52-53,62-63H,1-10H3/t52-,53-/m0/s1. The van der Waals surface area contributed by atoms with Gasteiger partial charge in [-0.1, -0.05) is 164 Å². The van der Waals surface area contributed by atoms with Crippen LogP contribution in [0.5, 0.6) is 11.5 Å². The molecule has 324 valence electrons. The Hall–Kier alpha value is -6.60. The molecule has 0 spiro atoms. The van der Waals surface area contributed by atoms with Crippen molar-refractivity contribution in [3.63, 3.8) is 0 Å². The van der Waals surface area contributed by atoms with Gasteiger partial charge >= 0.3 is 0 Å². The molecule has 0 heterocycles. The van der Waals surface area contributed by atoms with Crippen molar-refractivity contribution in [2.24, 2.45) is 9.98 Å². The molecular weight excluding hydrogens is 805 g/mol. The molecule has 64 heavy (non-hydrogen) atoms. The fraction of sp³-hybridized carbons (Fsp3) is 0.259. The first-order valence-electron chi connectivity index (χ1n) is 21.6. The third-order valence-corrected chi connectivity index (χ3v) is 11.6. The lowest BCUT2D eigenvalue weighted by Crippen LogP contribution is -2.17. The van der Waals surface area contributed by atoms with E-state index >= 15 is 0 Å². The smallest absolute Gasteiger partial charge is 0.190 e. The molecule has 6 aromatic rings. The molecule has 0 amide bonds. The van der Waals surface area contributed by atoms with Gasteiger partial charge in [-0.25, -0.2) is 0 Å². The molecule has 0 radical (unpaired) electrons. The first-order chi connectivity index (χ1) is 30.3. The van der Waals surface area contributed by atoms with Crippen LogP contribution in [0.15, 0.2) is 148 Å². The Morgan fingerprint density at radius 2 is 0.906 bits per heavy atom. The van der Waals surface area contributed by atoms with E-state index in [-0.39, 0.29) is 32.9 Å². The predicted octanol–water partition coefficient (Wildman–Crippen LogP) is 13.4. The predicted molar refractivity (Wildman–Crippen MR) is 267 cm³/mol. The first kappa shape index (κ1) is 46.9. The van der Waals surface area contributed by atoms with Crippen molar-refractivity contribution in [1.29, 1.82) is 0 Å². The van der Waals surface area contributed by atoms with Crippen LogP contribution in [-0.2, 0) is 21.0 Å². The Labute approximate surface area is 384 Å². The average molecular weight is 863 g/mol. The van der Waals surface area contributed by atoms with Gasteiger partial charge in [-0.2, -0.15) is 0 Å². The summed E-state index contributed by atoms with van der Waals surface area (Å²) in [6, 6.07) is 42.7. The molecule has 0 bridgehead atoms. The van der Waals surface area contributed by atoms with Gasteiger partial charge in [0.2, 0.25) is 0 Å². The SMILES string of the molecule is CC(=O)Sc1ccc(C#Cc2ccc(C#Cc3cc(C=N[C@@H](c4ccccc4)[C@@H](N=Cc4cc(C(C)(C)C)cc(C(C)(C)C)c4O)c4ccccc4)c(O)c(C(C)(C)C)c3)cc2)cc1. The van der Waals surface area contributed by atoms with Gasteiger partial charge in [0.05, 0.1) is 0 Å². The molecular formula is C58H58N2O3S. The Morgan fingerprint density at radius 1 is 0.516 bits per heavy atom. The maximum Gasteiger partial charge on any atom is 0.190 e. The molecule has 6 heteroatoms. The summed E-state index contributed by atoms with van der Waals surface area (Å²) in [6.45, 7) is 20.6. The van der Waals surface area contributed by atoms with Crippen LogP contribution in [0.1, 0.15) is 143 Å². The second kappa shape index (κ2) is 19.8. The minimum absolute atomic E-state index is 0.0510. The molecule has 2 atom stereocenters. The molecule has 0 saturated heterocycles. The number of nitrogens with zero attached hydrogens (tertiary/aromatic N) is 2. The Kier molecular flexibility index (Phi) is 14.5. The molecule has 0 aliphatic heterocycles. The zero-order chi connectivity index (χ0) is 46.2. The molecule has 0 fully saturated rings. The van der Waals surface area contributed by atoms with Crippen molar-refractivity contribution in [3.8, 4) is 35.2 Å². The molecule has 0 aromatic heterocycles. The summed E-state index contributed by atoms with van der Waals surface area (Å²) < 4.78 is 0. The van der Waals surface area contributed by atoms with Gasteiger partial charge in [0.1, 0.15) is 23.6 Å². The summed E-state index contributed by atoms with van der Waals surface area (Å²) in [4.78, 5) is 22.8. The molecule has 5 nitrogen and oxygen atoms in total. The van der Waals surface area contributed by atoms with Crippen LogP contribution < -0.4 is 0 Å². The molecule has 0 unspecified atom stereocenters. The minimum Gasteiger partial charge on any atom is -0.507 e. The number of carbonyl (C=O) groups excluding carboxylic acids is 1. The number of rotatable bonds is 8. The highest BCUT2D eigenvalue weighted by molar-refractivity contribution is 8.13. The van der Waals surface area contributed by atoms with Gasteiger partial charge in [0, 0.05) is 68.8 Å². The van der Waals surface area contributed by atoms with Gasteiger partial charge in [0.15, 0.2) is 5.12 Å². The van der Waals surface area contributed by atoms with Crippen molar-refractivity contribution >= 4 is 29.3 Å². The summed E-state index contributed by atoms with van der Waals surface area (Å²) in [5.74, 6) is 13.4. The second-order valence-electron chi connectivity index (χ2n) is 19.1. The summed E-state index contributed by atoms with van der Waals surface area (Å²) in [7, 11) is 0. The molecule has 6 aromatic carbocycles. The van der Waals surface area contributed by atoms with Crippen LogP contribution in [0.3, 0.4) is 0 Å². The van der Waals surface area contributed by atoms with E-state index in [4.69, 9.17) is 9.98 Å². The van der Waals surface area contributed by atoms with Crippen molar-refractivity contribution in [2.45, 2.75) is 102 Å². The van der Waals surface area contributed by atoms with E-state index in [0.29, 0.717) is 11.1 Å². The van der Waals surface area contributed by atoms with Crippen LogP contribution >= 0.6 is 11.8 Å². The van der Waals surface area contributed by atoms with Gasteiger partial charge < -0.3 is 10.2 Å². The summed E-state index contributed by atoms with van der Waals surface area (Å²) in [5, 5.41) is 23.6. The Bertz CT molecular complexity index is 2780. The third kappa shape index (κ3) is 12.3. The number of phenols is 2. The van der Waals surface area contributed by atoms with E-state index in [1.54, 1.807) is 19.4 Å². The van der Waals surface area contributed by atoms with E-state index in [1.165, 1.54) is 11.8 Å². The summed E-state index contributed by atoms with van der Waals surface area (Å²) in [6.07, 6.45) is 3.54. The molecule has 0 aliphatic carbocycles. The number of aromatic hydroxyl groups is 2. The zero-order valence-corrected chi connectivity index (χ0v) is 39.4. The monoisotopic (exact) mass is 862 g/mol. The van der Waals surface area contributed by atoms with E-state index in [2.05, 4.69) is 116 Å². The highest BCUT2D eigenvalue weighted by atomic mass is 32.2.